The average Bonchev–Trinajstić information content (AvgIpc) is 3.36. The number of hydrogen-bond acceptors (Lipinski definition) is 4. The van der Waals surface area contributed by atoms with Crippen LogP contribution in [0.4, 0.5) is 5.69 Å². The summed E-state index contributed by atoms with van der Waals surface area (Å²) < 4.78 is 11.6. The Morgan fingerprint density at radius 2 is 2.07 bits per heavy atom. The van der Waals surface area contributed by atoms with Gasteiger partial charge >= 0.3 is 5.97 Å². The number of nitrogens with zero attached hydrogens (tertiary/aromatic N) is 1. The van der Waals surface area contributed by atoms with Gasteiger partial charge in [0.25, 0.3) is 0 Å². The molecule has 3 aliphatic rings. The number of esters is 1. The summed E-state index contributed by atoms with van der Waals surface area (Å²) in [6, 6.07) is 14.0. The van der Waals surface area contributed by atoms with Crippen molar-refractivity contribution >= 4 is 28.3 Å². The van der Waals surface area contributed by atoms with E-state index in [2.05, 4.69) is 6.92 Å². The Bertz CT molecular complexity index is 978. The Balaban J connectivity index is 1.49. The molecule has 3 aliphatic heterocycles. The van der Waals surface area contributed by atoms with Crippen molar-refractivity contribution in [1.29, 1.82) is 0 Å². The first kappa shape index (κ1) is 17.4. The average molecular weight is 377 g/mol. The molecule has 2 aromatic carbocycles. The van der Waals surface area contributed by atoms with E-state index in [9.17, 15) is 9.59 Å². The molecule has 144 valence electrons. The Hall–Kier alpha value is -2.66. The largest absolute Gasteiger partial charge is 0.465 e. The highest BCUT2D eigenvalue weighted by Gasteiger charge is 2.67. The molecule has 4 atom stereocenters. The molecule has 2 saturated heterocycles. The van der Waals surface area contributed by atoms with Gasteiger partial charge in [-0.15, -0.1) is 0 Å². The number of benzene rings is 2. The quantitative estimate of drug-likeness (QED) is 0.455. The summed E-state index contributed by atoms with van der Waals surface area (Å²) in [5, 5.41) is 2.11. The van der Waals surface area contributed by atoms with Crippen molar-refractivity contribution in [3.05, 3.63) is 54.6 Å². The lowest BCUT2D eigenvalue weighted by molar-refractivity contribution is -0.152. The molecular formula is C23H23NO4. The standard InChI is InChI=1S/C23H23NO4/c1-2-3-13-27-22(26)19-18-11-12-23(28-18)14-24(21(25)20(19)23)17-10-6-8-15-7-4-5-9-16(15)17/h4-12,18-20H,2-3,13-14H2,1H3/t18-,19+,20+,23-/m1/s1. The molecule has 1 spiro atoms. The van der Waals surface area contributed by atoms with Crippen molar-refractivity contribution in [3.8, 4) is 0 Å². The van der Waals surface area contributed by atoms with Gasteiger partial charge in [-0.2, -0.15) is 0 Å². The van der Waals surface area contributed by atoms with Crippen LogP contribution < -0.4 is 4.90 Å². The van der Waals surface area contributed by atoms with Crippen LogP contribution in [0.15, 0.2) is 54.6 Å². The van der Waals surface area contributed by atoms with Gasteiger partial charge < -0.3 is 14.4 Å². The number of hydrogen-bond donors (Lipinski definition) is 0. The number of carbonyl (C=O) groups is 2. The van der Waals surface area contributed by atoms with Gasteiger partial charge in [0, 0.05) is 5.39 Å². The van der Waals surface area contributed by atoms with E-state index >= 15 is 0 Å². The maximum atomic E-state index is 13.5. The number of ether oxygens (including phenoxy) is 2. The molecule has 3 heterocycles. The molecule has 5 rings (SSSR count). The molecule has 2 aromatic rings. The monoisotopic (exact) mass is 377 g/mol. The fourth-order valence-electron chi connectivity index (χ4n) is 4.83. The summed E-state index contributed by atoms with van der Waals surface area (Å²) in [5.41, 5.74) is 0.137. The topological polar surface area (TPSA) is 55.8 Å². The van der Waals surface area contributed by atoms with Crippen LogP contribution in [-0.4, -0.2) is 36.7 Å². The lowest BCUT2D eigenvalue weighted by atomic mass is 9.77. The van der Waals surface area contributed by atoms with Crippen molar-refractivity contribution in [2.45, 2.75) is 31.5 Å². The molecule has 0 saturated carbocycles. The molecule has 5 nitrogen and oxygen atoms in total. The predicted molar refractivity (Wildman–Crippen MR) is 106 cm³/mol. The first-order chi connectivity index (χ1) is 13.6. The van der Waals surface area contributed by atoms with E-state index in [4.69, 9.17) is 9.47 Å². The fraction of sp³-hybridized carbons (Fsp3) is 0.391. The summed E-state index contributed by atoms with van der Waals surface area (Å²) in [4.78, 5) is 28.0. The molecule has 2 fully saturated rings. The van der Waals surface area contributed by atoms with Gasteiger partial charge in [-0.05, 0) is 17.9 Å². The van der Waals surface area contributed by atoms with E-state index in [-0.39, 0.29) is 18.0 Å². The number of fused-ring (bicyclic) bond motifs is 2. The fourth-order valence-corrected chi connectivity index (χ4v) is 4.83. The van der Waals surface area contributed by atoms with Crippen LogP contribution in [0.1, 0.15) is 19.8 Å². The van der Waals surface area contributed by atoms with E-state index in [1.807, 2.05) is 54.6 Å². The van der Waals surface area contributed by atoms with Gasteiger partial charge in [0.05, 0.1) is 30.9 Å². The molecule has 0 N–H and O–H groups in total. The number of carbonyl (C=O) groups excluding carboxylic acids is 2. The summed E-state index contributed by atoms with van der Waals surface area (Å²) in [6.07, 6.45) is 5.31. The highest BCUT2D eigenvalue weighted by atomic mass is 16.6. The smallest absolute Gasteiger partial charge is 0.312 e. The second-order valence-corrected chi connectivity index (χ2v) is 7.84. The molecule has 1 amide bonds. The van der Waals surface area contributed by atoms with Crippen molar-refractivity contribution < 1.29 is 19.1 Å². The zero-order valence-corrected chi connectivity index (χ0v) is 15.8. The lowest BCUT2D eigenvalue weighted by Crippen LogP contribution is -2.40. The van der Waals surface area contributed by atoms with E-state index in [0.29, 0.717) is 13.2 Å². The van der Waals surface area contributed by atoms with Crippen molar-refractivity contribution in [2.75, 3.05) is 18.1 Å². The van der Waals surface area contributed by atoms with Crippen molar-refractivity contribution in [2.24, 2.45) is 11.8 Å². The Kier molecular flexibility index (Phi) is 4.02. The third-order valence-electron chi connectivity index (χ3n) is 6.17. The van der Waals surface area contributed by atoms with Crippen LogP contribution in [0.3, 0.4) is 0 Å². The van der Waals surface area contributed by atoms with E-state index in [1.165, 1.54) is 0 Å². The maximum Gasteiger partial charge on any atom is 0.312 e. The second-order valence-electron chi connectivity index (χ2n) is 7.84. The molecule has 5 heteroatoms. The number of anilines is 1. The number of rotatable bonds is 5. The zero-order chi connectivity index (χ0) is 19.3. The van der Waals surface area contributed by atoms with Crippen molar-refractivity contribution in [1.82, 2.24) is 0 Å². The van der Waals surface area contributed by atoms with Gasteiger partial charge in [0.2, 0.25) is 5.91 Å². The summed E-state index contributed by atoms with van der Waals surface area (Å²) >= 11 is 0. The highest BCUT2D eigenvalue weighted by Crippen LogP contribution is 2.53. The lowest BCUT2D eigenvalue weighted by Gasteiger charge is -2.23. The third kappa shape index (κ3) is 2.42. The van der Waals surface area contributed by atoms with Crippen LogP contribution in [0.2, 0.25) is 0 Å². The molecule has 2 bridgehead atoms. The van der Waals surface area contributed by atoms with E-state index in [0.717, 1.165) is 29.3 Å². The second kappa shape index (κ2) is 6.45. The SMILES string of the molecule is CCCCOC(=O)[C@@H]1[C@H]2C(=O)N(c3cccc4ccccc34)C[C@]23C=C[C@H]1O3. The summed E-state index contributed by atoms with van der Waals surface area (Å²) in [5.74, 6) is -1.45. The molecule has 0 aliphatic carbocycles. The first-order valence-corrected chi connectivity index (χ1v) is 9.97. The number of unbranched alkanes of at least 4 members (excludes halogenated alkanes) is 1. The first-order valence-electron chi connectivity index (χ1n) is 9.97. The van der Waals surface area contributed by atoms with Gasteiger partial charge in [-0.25, -0.2) is 0 Å². The molecule has 28 heavy (non-hydrogen) atoms. The summed E-state index contributed by atoms with van der Waals surface area (Å²) in [7, 11) is 0. The van der Waals surface area contributed by atoms with Crippen LogP contribution in [-0.2, 0) is 19.1 Å². The molecule has 0 unspecified atom stereocenters. The van der Waals surface area contributed by atoms with E-state index < -0.39 is 17.4 Å². The van der Waals surface area contributed by atoms with Gasteiger partial charge in [0.15, 0.2) is 0 Å². The minimum atomic E-state index is -0.729. The van der Waals surface area contributed by atoms with Crippen molar-refractivity contribution in [3.63, 3.8) is 0 Å². The van der Waals surface area contributed by atoms with Crippen LogP contribution in [0, 0.1) is 11.8 Å². The Labute approximate surface area is 163 Å². The highest BCUT2D eigenvalue weighted by molar-refractivity contribution is 6.08. The molecule has 0 aromatic heterocycles. The van der Waals surface area contributed by atoms with Gasteiger partial charge in [-0.1, -0.05) is 61.9 Å². The molecular weight excluding hydrogens is 354 g/mol. The predicted octanol–water partition coefficient (Wildman–Crippen LogP) is 3.47. The normalized spacial score (nSPS) is 30.2. The Morgan fingerprint density at radius 3 is 2.93 bits per heavy atom. The maximum absolute atomic E-state index is 13.5. The van der Waals surface area contributed by atoms with Gasteiger partial charge in [-0.3, -0.25) is 9.59 Å². The van der Waals surface area contributed by atoms with E-state index in [1.54, 1.807) is 4.90 Å². The Morgan fingerprint density at radius 1 is 1.25 bits per heavy atom. The zero-order valence-electron chi connectivity index (χ0n) is 15.8. The minimum absolute atomic E-state index is 0.0550. The van der Waals surface area contributed by atoms with Crippen LogP contribution in [0.25, 0.3) is 10.8 Å². The minimum Gasteiger partial charge on any atom is -0.465 e. The summed E-state index contributed by atoms with van der Waals surface area (Å²) in [6.45, 7) is 2.87. The van der Waals surface area contributed by atoms with Crippen LogP contribution in [0.5, 0.6) is 0 Å². The van der Waals surface area contributed by atoms with Crippen LogP contribution >= 0.6 is 0 Å². The third-order valence-corrected chi connectivity index (χ3v) is 6.17. The molecule has 0 radical (unpaired) electrons. The number of amides is 1. The van der Waals surface area contributed by atoms with Gasteiger partial charge in [0.1, 0.15) is 11.5 Å².